The highest BCUT2D eigenvalue weighted by molar-refractivity contribution is 5.69. The summed E-state index contributed by atoms with van der Waals surface area (Å²) >= 11 is 0. The van der Waals surface area contributed by atoms with E-state index in [1.165, 1.54) is 4.90 Å². The Morgan fingerprint density at radius 2 is 2.05 bits per heavy atom. The first kappa shape index (κ1) is 17.2. The molecule has 0 radical (unpaired) electrons. The molecule has 7 heteroatoms. The normalized spacial score (nSPS) is 9.21. The first-order valence-corrected chi connectivity index (χ1v) is 5.56. The van der Waals surface area contributed by atoms with E-state index in [0.717, 1.165) is 0 Å². The van der Waals surface area contributed by atoms with Gasteiger partial charge in [-0.3, -0.25) is 4.79 Å². The lowest BCUT2D eigenvalue weighted by atomic mass is 10.4. The molecule has 0 fully saturated rings. The number of hydrogen-bond donors (Lipinski definition) is 0. The van der Waals surface area contributed by atoms with Crippen LogP contribution in [0.2, 0.25) is 0 Å². The average Bonchev–Trinajstić information content (AvgIpc) is 2.36. The SMILES string of the molecule is CCC(=O)OC[n+]1cccc(OC(=O)N(C)C)c1.[Cl-]. The molecule has 0 saturated heterocycles. The van der Waals surface area contributed by atoms with Gasteiger partial charge in [0.2, 0.25) is 6.20 Å². The first-order chi connectivity index (χ1) is 8.52. The molecule has 6 nitrogen and oxygen atoms in total. The summed E-state index contributed by atoms with van der Waals surface area (Å²) in [5, 5.41) is 0. The van der Waals surface area contributed by atoms with Crippen molar-refractivity contribution in [3.63, 3.8) is 0 Å². The molecule has 0 bridgehead atoms. The van der Waals surface area contributed by atoms with Gasteiger partial charge in [0.25, 0.3) is 6.73 Å². The highest BCUT2D eigenvalue weighted by atomic mass is 35.5. The molecule has 0 aliphatic heterocycles. The molecule has 0 unspecified atom stereocenters. The van der Waals surface area contributed by atoms with Crippen molar-refractivity contribution in [3.8, 4) is 5.75 Å². The van der Waals surface area contributed by atoms with Crippen LogP contribution in [-0.2, 0) is 16.3 Å². The van der Waals surface area contributed by atoms with E-state index in [0.29, 0.717) is 12.2 Å². The van der Waals surface area contributed by atoms with Crippen molar-refractivity contribution in [1.82, 2.24) is 4.90 Å². The standard InChI is InChI=1S/C12H17N2O4.ClH/c1-4-11(15)17-9-14-7-5-6-10(8-14)18-12(16)13(2)3;/h5-8H,4,9H2,1-3H3;1H/q+1;/p-1. The van der Waals surface area contributed by atoms with E-state index in [2.05, 4.69) is 0 Å². The number of halogens is 1. The van der Waals surface area contributed by atoms with E-state index >= 15 is 0 Å². The lowest BCUT2D eigenvalue weighted by molar-refractivity contribution is -0.727. The fourth-order valence-electron chi connectivity index (χ4n) is 1.08. The predicted octanol–water partition coefficient (Wildman–Crippen LogP) is -2.05. The molecule has 0 atom stereocenters. The zero-order valence-electron chi connectivity index (χ0n) is 11.1. The van der Waals surface area contributed by atoms with Gasteiger partial charge in [-0.2, -0.15) is 4.57 Å². The summed E-state index contributed by atoms with van der Waals surface area (Å²) < 4.78 is 11.6. The summed E-state index contributed by atoms with van der Waals surface area (Å²) in [7, 11) is 3.20. The zero-order valence-corrected chi connectivity index (χ0v) is 11.9. The van der Waals surface area contributed by atoms with Gasteiger partial charge < -0.3 is 26.8 Å². The zero-order chi connectivity index (χ0) is 13.5. The Bertz CT molecular complexity index is 437. The van der Waals surface area contributed by atoms with E-state index in [1.54, 1.807) is 50.1 Å². The molecule has 1 aromatic rings. The third kappa shape index (κ3) is 6.05. The molecule has 0 spiro atoms. The largest absolute Gasteiger partial charge is 1.00 e. The number of hydrogen-bond acceptors (Lipinski definition) is 4. The second-order valence-corrected chi connectivity index (χ2v) is 3.82. The van der Waals surface area contributed by atoms with Crippen LogP contribution in [0.3, 0.4) is 0 Å². The third-order valence-electron chi connectivity index (χ3n) is 2.06. The number of nitrogens with zero attached hydrogens (tertiary/aromatic N) is 2. The molecule has 0 aliphatic carbocycles. The van der Waals surface area contributed by atoms with Gasteiger partial charge in [-0.25, -0.2) is 4.79 Å². The van der Waals surface area contributed by atoms with Crippen LogP contribution in [0.5, 0.6) is 5.75 Å². The van der Waals surface area contributed by atoms with Crippen molar-refractivity contribution in [3.05, 3.63) is 24.5 Å². The number of rotatable bonds is 4. The van der Waals surface area contributed by atoms with Crippen LogP contribution < -0.4 is 21.7 Å². The summed E-state index contributed by atoms with van der Waals surface area (Å²) in [5.74, 6) is 0.113. The quantitative estimate of drug-likeness (QED) is 0.473. The summed E-state index contributed by atoms with van der Waals surface area (Å²) in [6.45, 7) is 1.82. The average molecular weight is 289 g/mol. The molecule has 0 aromatic carbocycles. The Labute approximate surface area is 118 Å². The maximum Gasteiger partial charge on any atom is 0.414 e. The van der Waals surface area contributed by atoms with Gasteiger partial charge >= 0.3 is 12.1 Å². The second kappa shape index (κ2) is 8.31. The minimum Gasteiger partial charge on any atom is -1.00 e. The number of amides is 1. The highest BCUT2D eigenvalue weighted by Crippen LogP contribution is 2.06. The van der Waals surface area contributed by atoms with Crippen molar-refractivity contribution >= 4 is 12.1 Å². The Hall–Kier alpha value is -1.82. The Balaban J connectivity index is 0.00000324. The van der Waals surface area contributed by atoms with Gasteiger partial charge in [0, 0.05) is 26.6 Å². The molecule has 1 amide bonds. The minimum atomic E-state index is -0.460. The fraction of sp³-hybridized carbons (Fsp3) is 0.417. The molecular weight excluding hydrogens is 272 g/mol. The predicted molar refractivity (Wildman–Crippen MR) is 62.7 cm³/mol. The summed E-state index contributed by atoms with van der Waals surface area (Å²) in [6.07, 6.45) is 3.18. The fourth-order valence-corrected chi connectivity index (χ4v) is 1.08. The van der Waals surface area contributed by atoms with E-state index in [4.69, 9.17) is 9.47 Å². The van der Waals surface area contributed by atoms with Crippen LogP contribution in [0.15, 0.2) is 24.5 Å². The van der Waals surface area contributed by atoms with Crippen LogP contribution in [-0.4, -0.2) is 31.1 Å². The third-order valence-corrected chi connectivity index (χ3v) is 2.06. The number of ether oxygens (including phenoxy) is 2. The summed E-state index contributed by atoms with van der Waals surface area (Å²) in [4.78, 5) is 23.7. The van der Waals surface area contributed by atoms with E-state index in [-0.39, 0.29) is 25.1 Å². The molecule has 106 valence electrons. The van der Waals surface area contributed by atoms with Gasteiger partial charge in [-0.1, -0.05) is 6.92 Å². The lowest BCUT2D eigenvalue weighted by Crippen LogP contribution is -3.00. The van der Waals surface area contributed by atoms with Gasteiger partial charge in [0.05, 0.1) is 0 Å². The molecule has 1 heterocycles. The van der Waals surface area contributed by atoms with Crippen LogP contribution in [0.25, 0.3) is 0 Å². The van der Waals surface area contributed by atoms with Crippen molar-refractivity contribution in [1.29, 1.82) is 0 Å². The van der Waals surface area contributed by atoms with Gasteiger partial charge in [-0.05, 0) is 6.07 Å². The monoisotopic (exact) mass is 288 g/mol. The number of carbonyl (C=O) groups is 2. The Morgan fingerprint density at radius 3 is 2.63 bits per heavy atom. The van der Waals surface area contributed by atoms with Gasteiger partial charge in [0.15, 0.2) is 11.9 Å². The Morgan fingerprint density at radius 1 is 1.37 bits per heavy atom. The lowest BCUT2D eigenvalue weighted by Gasteiger charge is -2.09. The summed E-state index contributed by atoms with van der Waals surface area (Å²) in [6, 6.07) is 3.36. The van der Waals surface area contributed by atoms with Gasteiger partial charge in [-0.15, -0.1) is 0 Å². The number of esters is 1. The van der Waals surface area contributed by atoms with Crippen molar-refractivity contribution in [2.75, 3.05) is 14.1 Å². The molecule has 19 heavy (non-hydrogen) atoms. The van der Waals surface area contributed by atoms with Crippen molar-refractivity contribution in [2.45, 2.75) is 20.1 Å². The number of pyridine rings is 1. The topological polar surface area (TPSA) is 59.7 Å². The number of aromatic nitrogens is 1. The number of carbonyl (C=O) groups excluding carboxylic acids is 2. The maximum absolute atomic E-state index is 11.3. The molecule has 0 aliphatic rings. The van der Waals surface area contributed by atoms with Crippen molar-refractivity contribution < 1.29 is 36.0 Å². The van der Waals surface area contributed by atoms with E-state index < -0.39 is 6.09 Å². The molecule has 0 saturated carbocycles. The second-order valence-electron chi connectivity index (χ2n) is 3.82. The molecule has 0 N–H and O–H groups in total. The van der Waals surface area contributed by atoms with Gasteiger partial charge in [0.1, 0.15) is 0 Å². The highest BCUT2D eigenvalue weighted by Gasteiger charge is 2.11. The first-order valence-electron chi connectivity index (χ1n) is 5.56. The molecule has 1 rings (SSSR count). The smallest absolute Gasteiger partial charge is 0.414 e. The van der Waals surface area contributed by atoms with Crippen molar-refractivity contribution in [2.24, 2.45) is 0 Å². The minimum absolute atomic E-state index is 0. The Kier molecular flexibility index (Phi) is 7.52. The molecular formula is C12H17ClN2O4. The molecule has 1 aromatic heterocycles. The maximum atomic E-state index is 11.3. The van der Waals surface area contributed by atoms with E-state index in [9.17, 15) is 9.59 Å². The van der Waals surface area contributed by atoms with Crippen LogP contribution in [0.4, 0.5) is 4.79 Å². The summed E-state index contributed by atoms with van der Waals surface area (Å²) in [5.41, 5.74) is 0. The van der Waals surface area contributed by atoms with Crippen LogP contribution in [0.1, 0.15) is 13.3 Å². The van der Waals surface area contributed by atoms with Crippen LogP contribution in [0, 0.1) is 0 Å². The van der Waals surface area contributed by atoms with Crippen LogP contribution >= 0.6 is 0 Å². The van der Waals surface area contributed by atoms with E-state index in [1.807, 2.05) is 0 Å².